The lowest BCUT2D eigenvalue weighted by atomic mass is 10.2. The lowest BCUT2D eigenvalue weighted by Gasteiger charge is -2.15. The van der Waals surface area contributed by atoms with Crippen LogP contribution in [0.3, 0.4) is 0 Å². The number of rotatable bonds is 4. The fraction of sp³-hybridized carbons (Fsp3) is 0.263. The maximum Gasteiger partial charge on any atom is 0.258 e. The minimum Gasteiger partial charge on any atom is -0.325 e. The van der Waals surface area contributed by atoms with Crippen molar-refractivity contribution in [2.45, 2.75) is 34.2 Å². The smallest absolute Gasteiger partial charge is 0.258 e. The van der Waals surface area contributed by atoms with Gasteiger partial charge in [0.2, 0.25) is 11.9 Å². The molecule has 0 bridgehead atoms. The Morgan fingerprint density at radius 3 is 2.42 bits per heavy atom. The normalized spacial score (nSPS) is 10.8. The highest BCUT2D eigenvalue weighted by Crippen LogP contribution is 2.12. The molecule has 0 aliphatic rings. The molecule has 26 heavy (non-hydrogen) atoms. The molecule has 1 aromatic carbocycles. The second-order valence-electron chi connectivity index (χ2n) is 6.27. The van der Waals surface area contributed by atoms with Gasteiger partial charge in [0.25, 0.3) is 5.56 Å². The van der Waals surface area contributed by atoms with Gasteiger partial charge in [0.15, 0.2) is 0 Å². The van der Waals surface area contributed by atoms with Crippen molar-refractivity contribution in [3.8, 4) is 5.95 Å². The van der Waals surface area contributed by atoms with E-state index in [4.69, 9.17) is 0 Å². The van der Waals surface area contributed by atoms with E-state index >= 15 is 0 Å². The van der Waals surface area contributed by atoms with Gasteiger partial charge in [-0.1, -0.05) is 18.2 Å². The van der Waals surface area contributed by atoms with E-state index in [9.17, 15) is 9.59 Å². The fourth-order valence-electron chi connectivity index (χ4n) is 2.74. The lowest BCUT2D eigenvalue weighted by Crippen LogP contribution is -2.33. The summed E-state index contributed by atoms with van der Waals surface area (Å²) in [5, 5.41) is 7.20. The number of amides is 1. The Morgan fingerprint density at radius 2 is 1.81 bits per heavy atom. The molecule has 3 aromatic rings. The van der Waals surface area contributed by atoms with E-state index in [1.807, 2.05) is 38.1 Å². The molecular weight excluding hydrogens is 330 g/mol. The maximum atomic E-state index is 12.8. The first-order chi connectivity index (χ1) is 12.4. The van der Waals surface area contributed by atoms with Gasteiger partial charge in [0.05, 0.1) is 5.69 Å². The molecule has 2 heterocycles. The second-order valence-corrected chi connectivity index (χ2v) is 6.27. The van der Waals surface area contributed by atoms with Gasteiger partial charge < -0.3 is 5.32 Å². The summed E-state index contributed by atoms with van der Waals surface area (Å²) in [5.74, 6) is 0.0399. The second kappa shape index (κ2) is 6.95. The van der Waals surface area contributed by atoms with E-state index in [1.165, 1.54) is 4.57 Å². The lowest BCUT2D eigenvalue weighted by molar-refractivity contribution is -0.116. The standard InChI is InChI=1S/C19H21N5O2/c1-12-10-13(2)24(22-12)19-20-15(4)14(3)18(26)23(19)11-17(25)21-16-8-6-5-7-9-16/h5-10H,11H2,1-4H3,(H,21,25). The molecule has 7 nitrogen and oxygen atoms in total. The Labute approximate surface area is 151 Å². The number of hydrogen-bond donors (Lipinski definition) is 1. The van der Waals surface area contributed by atoms with Crippen LogP contribution in [0, 0.1) is 27.7 Å². The van der Waals surface area contributed by atoms with Crippen molar-refractivity contribution < 1.29 is 4.79 Å². The number of benzene rings is 1. The van der Waals surface area contributed by atoms with Gasteiger partial charge in [-0.25, -0.2) is 9.67 Å². The van der Waals surface area contributed by atoms with Crippen LogP contribution in [0.1, 0.15) is 22.6 Å². The molecule has 2 aromatic heterocycles. The number of nitrogens with zero attached hydrogens (tertiary/aromatic N) is 4. The van der Waals surface area contributed by atoms with Crippen LogP contribution in [0.15, 0.2) is 41.2 Å². The molecule has 1 amide bonds. The van der Waals surface area contributed by atoms with Gasteiger partial charge in [0, 0.05) is 22.6 Å². The molecule has 0 atom stereocenters. The number of nitrogens with one attached hydrogen (secondary N) is 1. The van der Waals surface area contributed by atoms with Crippen LogP contribution >= 0.6 is 0 Å². The van der Waals surface area contributed by atoms with Crippen LogP contribution in [0.2, 0.25) is 0 Å². The zero-order valence-corrected chi connectivity index (χ0v) is 15.3. The van der Waals surface area contributed by atoms with E-state index < -0.39 is 0 Å². The average Bonchev–Trinajstić information content (AvgIpc) is 2.94. The number of para-hydroxylation sites is 1. The zero-order chi connectivity index (χ0) is 18.8. The van der Waals surface area contributed by atoms with Crippen LogP contribution in [0.25, 0.3) is 5.95 Å². The Hall–Kier alpha value is -3.22. The number of aromatic nitrogens is 4. The minimum absolute atomic E-state index is 0.143. The Bertz CT molecular complexity index is 1020. The zero-order valence-electron chi connectivity index (χ0n) is 15.3. The van der Waals surface area contributed by atoms with Crippen molar-refractivity contribution in [2.24, 2.45) is 0 Å². The summed E-state index contributed by atoms with van der Waals surface area (Å²) in [6, 6.07) is 11.0. The van der Waals surface area contributed by atoms with Crippen LogP contribution in [0.4, 0.5) is 5.69 Å². The topological polar surface area (TPSA) is 81.8 Å². The van der Waals surface area contributed by atoms with Gasteiger partial charge in [0.1, 0.15) is 6.54 Å². The Balaban J connectivity index is 2.03. The summed E-state index contributed by atoms with van der Waals surface area (Å²) < 4.78 is 2.96. The SMILES string of the molecule is Cc1cc(C)n(-c2nc(C)c(C)c(=O)n2CC(=O)Nc2ccccc2)n1. The van der Waals surface area contributed by atoms with Gasteiger partial charge >= 0.3 is 0 Å². The number of carbonyl (C=O) groups excluding carboxylic acids is 1. The van der Waals surface area contributed by atoms with Gasteiger partial charge in [-0.05, 0) is 45.9 Å². The molecular formula is C19H21N5O2. The first-order valence-electron chi connectivity index (χ1n) is 8.33. The summed E-state index contributed by atoms with van der Waals surface area (Å²) in [6.45, 7) is 7.10. The fourth-order valence-corrected chi connectivity index (χ4v) is 2.74. The molecule has 1 N–H and O–H groups in total. The van der Waals surface area contributed by atoms with Crippen molar-refractivity contribution in [1.29, 1.82) is 0 Å². The van der Waals surface area contributed by atoms with Gasteiger partial charge in [-0.15, -0.1) is 0 Å². The molecule has 0 aliphatic carbocycles. The van der Waals surface area contributed by atoms with E-state index in [2.05, 4.69) is 15.4 Å². The summed E-state index contributed by atoms with van der Waals surface area (Å²) >= 11 is 0. The maximum absolute atomic E-state index is 12.8. The summed E-state index contributed by atoms with van der Waals surface area (Å²) in [7, 11) is 0. The summed E-state index contributed by atoms with van der Waals surface area (Å²) in [6.07, 6.45) is 0. The molecule has 3 rings (SSSR count). The van der Waals surface area contributed by atoms with Crippen LogP contribution in [-0.4, -0.2) is 25.2 Å². The molecule has 0 saturated heterocycles. The number of aryl methyl sites for hydroxylation is 3. The molecule has 0 radical (unpaired) electrons. The van der Waals surface area contributed by atoms with E-state index in [-0.39, 0.29) is 18.0 Å². The van der Waals surface area contributed by atoms with Gasteiger partial charge in [-0.2, -0.15) is 5.10 Å². The summed E-state index contributed by atoms with van der Waals surface area (Å²) in [4.78, 5) is 29.8. The predicted octanol–water partition coefficient (Wildman–Crippen LogP) is 2.30. The third-order valence-electron chi connectivity index (χ3n) is 4.18. The minimum atomic E-state index is -0.300. The van der Waals surface area contributed by atoms with Crippen molar-refractivity contribution in [3.63, 3.8) is 0 Å². The monoisotopic (exact) mass is 351 g/mol. The predicted molar refractivity (Wildman–Crippen MR) is 99.6 cm³/mol. The first-order valence-corrected chi connectivity index (χ1v) is 8.33. The average molecular weight is 351 g/mol. The van der Waals surface area contributed by atoms with Crippen molar-refractivity contribution in [2.75, 3.05) is 5.32 Å². The molecule has 7 heteroatoms. The first kappa shape index (κ1) is 17.6. The van der Waals surface area contributed by atoms with Crippen LogP contribution in [0.5, 0.6) is 0 Å². The molecule has 0 aliphatic heterocycles. The highest BCUT2D eigenvalue weighted by Gasteiger charge is 2.18. The number of hydrogen-bond acceptors (Lipinski definition) is 4. The van der Waals surface area contributed by atoms with Crippen molar-refractivity contribution in [1.82, 2.24) is 19.3 Å². The van der Waals surface area contributed by atoms with E-state index in [0.29, 0.717) is 22.9 Å². The third kappa shape index (κ3) is 3.42. The summed E-state index contributed by atoms with van der Waals surface area (Å²) in [5.41, 5.74) is 3.23. The van der Waals surface area contributed by atoms with Crippen LogP contribution in [-0.2, 0) is 11.3 Å². The highest BCUT2D eigenvalue weighted by atomic mass is 16.2. The largest absolute Gasteiger partial charge is 0.325 e. The van der Waals surface area contributed by atoms with Crippen LogP contribution < -0.4 is 10.9 Å². The molecule has 0 spiro atoms. The van der Waals surface area contributed by atoms with Crippen molar-refractivity contribution in [3.05, 3.63) is 69.4 Å². The molecule has 0 unspecified atom stereocenters. The molecule has 134 valence electrons. The Morgan fingerprint density at radius 1 is 1.12 bits per heavy atom. The Kier molecular flexibility index (Phi) is 4.71. The highest BCUT2D eigenvalue weighted by molar-refractivity contribution is 5.90. The van der Waals surface area contributed by atoms with E-state index in [0.717, 1.165) is 11.4 Å². The third-order valence-corrected chi connectivity index (χ3v) is 4.18. The quantitative estimate of drug-likeness (QED) is 0.782. The molecule has 0 fully saturated rings. The van der Waals surface area contributed by atoms with Crippen molar-refractivity contribution >= 4 is 11.6 Å². The number of anilines is 1. The molecule has 0 saturated carbocycles. The van der Waals surface area contributed by atoms with Gasteiger partial charge in [-0.3, -0.25) is 14.2 Å². The number of carbonyl (C=O) groups is 1. The van der Waals surface area contributed by atoms with E-state index in [1.54, 1.807) is 30.7 Å².